The maximum absolute atomic E-state index is 5.04. The second kappa shape index (κ2) is 39.8. The van der Waals surface area contributed by atoms with Crippen molar-refractivity contribution < 1.29 is 0 Å². The van der Waals surface area contributed by atoms with Gasteiger partial charge < -0.3 is 0 Å². The van der Waals surface area contributed by atoms with E-state index in [2.05, 4.69) is 352 Å². The van der Waals surface area contributed by atoms with E-state index in [0.717, 1.165) is 112 Å². The fraction of sp³-hybridized carbons (Fsp3) is 0. The first-order valence-electron chi connectivity index (χ1n) is 50.6. The van der Waals surface area contributed by atoms with Gasteiger partial charge in [-0.1, -0.05) is 504 Å². The number of hydrogen-bond acceptors (Lipinski definition) is 10. The van der Waals surface area contributed by atoms with Crippen molar-refractivity contribution in [3.63, 3.8) is 0 Å². The Labute approximate surface area is 866 Å². The summed E-state index contributed by atoms with van der Waals surface area (Å²) in [7, 11) is 0. The summed E-state index contributed by atoms with van der Waals surface area (Å²) in [5, 5.41) is 30.2. The van der Waals surface area contributed by atoms with Crippen LogP contribution in [-0.4, -0.2) is 49.8 Å². The Hall–Kier alpha value is -20.2. The third-order valence-electron chi connectivity index (χ3n) is 28.3. The van der Waals surface area contributed by atoms with Crippen molar-refractivity contribution in [1.29, 1.82) is 0 Å². The van der Waals surface area contributed by atoms with Gasteiger partial charge in [0.25, 0.3) is 0 Å². The van der Waals surface area contributed by atoms with E-state index >= 15 is 0 Å². The Bertz CT molecular complexity index is 9160. The molecule has 29 aromatic rings. The number of aromatic nitrogens is 10. The van der Waals surface area contributed by atoms with Gasteiger partial charge in [0.05, 0.1) is 22.8 Å². The highest BCUT2D eigenvalue weighted by atomic mass is 15.0. The van der Waals surface area contributed by atoms with Gasteiger partial charge in [0.2, 0.25) is 0 Å². The summed E-state index contributed by atoms with van der Waals surface area (Å²) in [6.45, 7) is 0. The van der Waals surface area contributed by atoms with Crippen molar-refractivity contribution >= 4 is 129 Å². The number of benzene rings is 25. The standard InChI is InChI=1S/C39H25N3.2C34H22N2.C33H21N3/c1-3-12-26(13-4-1)37-40-38(27-14-5-2-6-15-27)42-39(41-37)30-17-11-16-28(24-30)29-22-23-35-33-20-8-7-18-31(33)32-19-9-10-21-34(32)36(35)25-29;1-3-11-23(12-4-1)32-22-33(36-34(35-32)24-13-5-2-6-14-24)25-19-20-30-28-17-8-7-15-26(28)27-16-9-10-18-29(27)31(30)21-25;1-3-11-23(12-4-1)32-22-33(24-13-5-2-6-14-24)36-34(35-32)25-19-20-30-28-17-8-7-15-26(28)27-16-9-10-18-29(27)31(30)21-25;1-3-11-22(12-4-1)31-34-32(23-13-5-2-6-14-23)36-33(35-31)24-19-20-29-27-17-8-7-15-25(27)26-16-9-10-18-28(26)30(29)21-24/h1-25H;2*1-22H;1-21H. The lowest BCUT2D eigenvalue weighted by Crippen LogP contribution is -2.00. The van der Waals surface area contributed by atoms with Crippen LogP contribution in [0.2, 0.25) is 0 Å². The molecule has 0 amide bonds. The van der Waals surface area contributed by atoms with Crippen molar-refractivity contribution in [3.8, 4) is 147 Å². The van der Waals surface area contributed by atoms with E-state index in [0.29, 0.717) is 34.9 Å². The molecule has 10 nitrogen and oxygen atoms in total. The van der Waals surface area contributed by atoms with E-state index in [9.17, 15) is 0 Å². The summed E-state index contributed by atoms with van der Waals surface area (Å²) in [4.78, 5) is 49.5. The Morgan fingerprint density at radius 3 is 0.460 bits per heavy atom. The molecule has 0 saturated heterocycles. The molecule has 0 unspecified atom stereocenters. The van der Waals surface area contributed by atoms with Gasteiger partial charge in [-0.2, -0.15) is 0 Å². The first-order valence-corrected chi connectivity index (χ1v) is 50.6. The molecule has 0 fully saturated rings. The highest BCUT2D eigenvalue weighted by molar-refractivity contribution is 6.29. The lowest BCUT2D eigenvalue weighted by Gasteiger charge is -2.13. The fourth-order valence-electron chi connectivity index (χ4n) is 21.1. The molecule has 0 N–H and O–H groups in total. The predicted molar refractivity (Wildman–Crippen MR) is 624 cm³/mol. The topological polar surface area (TPSA) is 129 Å². The van der Waals surface area contributed by atoms with Crippen LogP contribution in [0.5, 0.6) is 0 Å². The van der Waals surface area contributed by atoms with Gasteiger partial charge in [0.1, 0.15) is 0 Å². The molecule has 0 aliphatic carbocycles. The molecule has 0 atom stereocenters. The van der Waals surface area contributed by atoms with Gasteiger partial charge >= 0.3 is 0 Å². The van der Waals surface area contributed by atoms with Crippen LogP contribution in [0.1, 0.15) is 0 Å². The first kappa shape index (κ1) is 89.9. The summed E-state index contributed by atoms with van der Waals surface area (Å²) in [6, 6.07) is 190. The number of hydrogen-bond donors (Lipinski definition) is 0. The van der Waals surface area contributed by atoms with Crippen molar-refractivity contribution in [2.24, 2.45) is 0 Å². The largest absolute Gasteiger partial charge is 0.228 e. The Balaban J connectivity index is 0.000000101. The van der Waals surface area contributed by atoms with Gasteiger partial charge in [0.15, 0.2) is 46.6 Å². The molecule has 0 spiro atoms. The lowest BCUT2D eigenvalue weighted by atomic mass is 9.92. The summed E-state index contributed by atoms with van der Waals surface area (Å²) in [5.41, 5.74) is 18.1. The van der Waals surface area contributed by atoms with Crippen LogP contribution in [0.15, 0.2) is 546 Å². The predicted octanol–water partition coefficient (Wildman–Crippen LogP) is 36.2. The first-order chi connectivity index (χ1) is 74.4. The van der Waals surface area contributed by atoms with Gasteiger partial charge in [-0.15, -0.1) is 0 Å². The highest BCUT2D eigenvalue weighted by Gasteiger charge is 2.23. The molecule has 0 bridgehead atoms. The fourth-order valence-corrected chi connectivity index (χ4v) is 21.1. The van der Waals surface area contributed by atoms with Crippen molar-refractivity contribution in [2.45, 2.75) is 0 Å². The summed E-state index contributed by atoms with van der Waals surface area (Å²) < 4.78 is 0. The zero-order valence-corrected chi connectivity index (χ0v) is 81.4. The van der Waals surface area contributed by atoms with Crippen LogP contribution in [0.25, 0.3) is 277 Å². The molecule has 0 aliphatic heterocycles. The molecule has 0 radical (unpaired) electrons. The summed E-state index contributed by atoms with van der Waals surface area (Å²) in [6.07, 6.45) is 0. The summed E-state index contributed by atoms with van der Waals surface area (Å²) in [5.74, 6) is 5.45. The Morgan fingerprint density at radius 1 is 0.0733 bits per heavy atom. The molecule has 4 aromatic heterocycles. The molecule has 0 saturated carbocycles. The average Bonchev–Trinajstić information content (AvgIpc) is 0.750. The van der Waals surface area contributed by atoms with Crippen LogP contribution in [0, 0.1) is 0 Å². The molecular formula is C140H90N10. The van der Waals surface area contributed by atoms with E-state index in [1.807, 2.05) is 194 Å². The average molecular weight is 1910 g/mol. The van der Waals surface area contributed by atoms with Crippen LogP contribution < -0.4 is 0 Å². The summed E-state index contributed by atoms with van der Waals surface area (Å²) >= 11 is 0. The minimum Gasteiger partial charge on any atom is -0.228 e. The number of fused-ring (bicyclic) bond motifs is 24. The highest BCUT2D eigenvalue weighted by Crippen LogP contribution is 2.45. The SMILES string of the molecule is c1ccc(-c2cc(-c3ccc4c5ccccc5c5ccccc5c4c3)nc(-c3ccccc3)n2)cc1.c1ccc(-c2cc(-c3ccccc3)nc(-c3ccc4c5ccccc5c5ccccc5c4c3)n2)cc1.c1ccc(-c2nc(-c3ccccc3)nc(-c3ccc4c5ccccc5c5ccccc5c4c3)n2)cc1.c1ccc(-c2nc(-c3ccccc3)nc(-c3cccc(-c4ccc5c6ccccc6c6ccccc6c5c4)c3)n2)cc1. The molecule has 700 valence electrons. The Kier molecular flexibility index (Phi) is 23.9. The maximum atomic E-state index is 5.04. The molecular weight excluding hydrogens is 1820 g/mol. The van der Waals surface area contributed by atoms with Gasteiger partial charge in [-0.05, 0) is 183 Å². The molecule has 10 heteroatoms. The lowest BCUT2D eigenvalue weighted by molar-refractivity contribution is 1.07. The molecule has 0 aliphatic rings. The van der Waals surface area contributed by atoms with Crippen LogP contribution in [0.3, 0.4) is 0 Å². The van der Waals surface area contributed by atoms with Crippen LogP contribution in [0.4, 0.5) is 0 Å². The second-order valence-corrected chi connectivity index (χ2v) is 37.5. The smallest absolute Gasteiger partial charge is 0.164 e. The van der Waals surface area contributed by atoms with Crippen LogP contribution in [-0.2, 0) is 0 Å². The zero-order chi connectivity index (χ0) is 99.6. The molecule has 29 rings (SSSR count). The van der Waals surface area contributed by atoms with Crippen molar-refractivity contribution in [1.82, 2.24) is 49.8 Å². The van der Waals surface area contributed by atoms with Gasteiger partial charge in [-0.25, -0.2) is 49.8 Å². The normalized spacial score (nSPS) is 11.3. The number of rotatable bonds is 13. The molecule has 25 aromatic carbocycles. The molecule has 150 heavy (non-hydrogen) atoms. The van der Waals surface area contributed by atoms with Crippen molar-refractivity contribution in [3.05, 3.63) is 546 Å². The minimum absolute atomic E-state index is 0.654. The van der Waals surface area contributed by atoms with Gasteiger partial charge in [0, 0.05) is 66.8 Å². The number of nitrogens with zero attached hydrogens (tertiary/aromatic N) is 10. The monoisotopic (exact) mass is 1910 g/mol. The van der Waals surface area contributed by atoms with E-state index < -0.39 is 0 Å². The minimum atomic E-state index is 0.654. The van der Waals surface area contributed by atoms with E-state index in [4.69, 9.17) is 49.8 Å². The maximum Gasteiger partial charge on any atom is 0.164 e. The van der Waals surface area contributed by atoms with E-state index in [-0.39, 0.29) is 0 Å². The van der Waals surface area contributed by atoms with Gasteiger partial charge in [-0.3, -0.25) is 0 Å². The third-order valence-corrected chi connectivity index (χ3v) is 28.3. The quantitative estimate of drug-likeness (QED) is 0.103. The third kappa shape index (κ3) is 17.6. The Morgan fingerprint density at radius 2 is 0.213 bits per heavy atom. The van der Waals surface area contributed by atoms with Crippen LogP contribution >= 0.6 is 0 Å². The second-order valence-electron chi connectivity index (χ2n) is 37.5. The van der Waals surface area contributed by atoms with Crippen molar-refractivity contribution in [2.75, 3.05) is 0 Å². The van der Waals surface area contributed by atoms with E-state index in [1.165, 1.54) is 129 Å². The zero-order valence-electron chi connectivity index (χ0n) is 81.4. The molecule has 4 heterocycles. The van der Waals surface area contributed by atoms with E-state index in [1.54, 1.807) is 0 Å².